The molecule has 0 spiro atoms. The number of esters is 3. The van der Waals surface area contributed by atoms with Crippen molar-refractivity contribution in [3.63, 3.8) is 0 Å². The standard InChI is InChI=1S/C75H112O6/c1-4-7-10-13-16-19-22-25-28-31-32-33-34-35-36-37-38-39-40-41-42-45-47-50-53-56-59-62-65-68-74(77)80-71-72(81-75(78)69-66-63-60-57-54-51-48-44-30-27-24-21-18-15-12-9-6-3)70-79-73(76)67-64-61-58-55-52-49-46-43-29-26-23-20-17-14-11-8-5-2/h7-12,16-21,25-30,32-33,35-36,38-39,41-42,46-51,56,59,72H,4-6,13-15,22-24,31,34,37,40,43-45,52-55,57-58,60-71H2,1-3H3/b10-7-,11-8-,12-9-,19-16-,20-17-,21-18-,28-25-,29-26-,30-27-,33-32-,36-35-,39-38-,42-41-,49-46-,50-47-,51-48-,59-56-. The van der Waals surface area contributed by atoms with Crippen LogP contribution in [0.2, 0.25) is 0 Å². The second kappa shape index (κ2) is 66.5. The zero-order valence-electron chi connectivity index (χ0n) is 51.2. The van der Waals surface area contributed by atoms with Gasteiger partial charge in [-0.2, -0.15) is 0 Å². The Balaban J connectivity index is 4.57. The minimum atomic E-state index is -0.840. The lowest BCUT2D eigenvalue weighted by Gasteiger charge is -2.18. The highest BCUT2D eigenvalue weighted by Crippen LogP contribution is 2.12. The largest absolute Gasteiger partial charge is 0.462 e. The molecular weight excluding hydrogens is 997 g/mol. The van der Waals surface area contributed by atoms with E-state index in [9.17, 15) is 14.4 Å². The van der Waals surface area contributed by atoms with Gasteiger partial charge in [-0.3, -0.25) is 14.4 Å². The van der Waals surface area contributed by atoms with Crippen molar-refractivity contribution in [1.29, 1.82) is 0 Å². The molecule has 0 radical (unpaired) electrons. The molecule has 0 aliphatic rings. The molecule has 448 valence electrons. The fourth-order valence-corrected chi connectivity index (χ4v) is 7.66. The minimum Gasteiger partial charge on any atom is -0.462 e. The molecule has 0 saturated carbocycles. The number of carbonyl (C=O) groups is 3. The summed E-state index contributed by atoms with van der Waals surface area (Å²) < 4.78 is 16.8. The summed E-state index contributed by atoms with van der Waals surface area (Å²) in [5, 5.41) is 0. The molecule has 0 aromatic heterocycles. The summed E-state index contributed by atoms with van der Waals surface area (Å²) in [7, 11) is 0. The van der Waals surface area contributed by atoms with E-state index in [1.807, 2.05) is 0 Å². The van der Waals surface area contributed by atoms with Gasteiger partial charge in [-0.15, -0.1) is 0 Å². The Morgan fingerprint density at radius 1 is 0.247 bits per heavy atom. The van der Waals surface area contributed by atoms with Crippen molar-refractivity contribution >= 4 is 17.9 Å². The monoisotopic (exact) mass is 1110 g/mol. The summed E-state index contributed by atoms with van der Waals surface area (Å²) >= 11 is 0. The maximum Gasteiger partial charge on any atom is 0.306 e. The summed E-state index contributed by atoms with van der Waals surface area (Å²) in [5.74, 6) is -1.05. The third-order valence-corrected chi connectivity index (χ3v) is 12.3. The van der Waals surface area contributed by atoms with E-state index < -0.39 is 6.10 Å². The van der Waals surface area contributed by atoms with E-state index in [1.165, 1.54) is 0 Å². The average Bonchev–Trinajstić information content (AvgIpc) is 3.47. The lowest BCUT2D eigenvalue weighted by atomic mass is 10.1. The van der Waals surface area contributed by atoms with E-state index in [2.05, 4.69) is 227 Å². The van der Waals surface area contributed by atoms with Crippen LogP contribution in [0.4, 0.5) is 0 Å². The van der Waals surface area contributed by atoms with E-state index in [4.69, 9.17) is 14.2 Å². The first-order valence-electron chi connectivity index (χ1n) is 31.6. The third-order valence-electron chi connectivity index (χ3n) is 12.3. The molecule has 0 heterocycles. The molecule has 0 aromatic carbocycles. The smallest absolute Gasteiger partial charge is 0.306 e. The van der Waals surface area contributed by atoms with Gasteiger partial charge in [-0.05, 0) is 161 Å². The molecule has 0 saturated heterocycles. The fourth-order valence-electron chi connectivity index (χ4n) is 7.66. The van der Waals surface area contributed by atoms with Gasteiger partial charge in [0, 0.05) is 19.3 Å². The predicted molar refractivity (Wildman–Crippen MR) is 352 cm³/mol. The quantitative estimate of drug-likeness (QED) is 0.0261. The zero-order valence-corrected chi connectivity index (χ0v) is 51.2. The zero-order chi connectivity index (χ0) is 58.5. The van der Waals surface area contributed by atoms with Crippen LogP contribution in [0.5, 0.6) is 0 Å². The van der Waals surface area contributed by atoms with Crippen LogP contribution in [0.25, 0.3) is 0 Å². The first-order chi connectivity index (χ1) is 40.0. The summed E-state index contributed by atoms with van der Waals surface area (Å²) in [6.45, 7) is 6.19. The van der Waals surface area contributed by atoms with Gasteiger partial charge in [0.2, 0.25) is 0 Å². The van der Waals surface area contributed by atoms with Gasteiger partial charge in [-0.25, -0.2) is 0 Å². The van der Waals surface area contributed by atoms with E-state index in [0.29, 0.717) is 19.3 Å². The molecule has 0 bridgehead atoms. The van der Waals surface area contributed by atoms with Crippen LogP contribution in [0, 0.1) is 0 Å². The molecule has 1 atom stereocenters. The molecule has 0 aromatic rings. The van der Waals surface area contributed by atoms with Gasteiger partial charge < -0.3 is 14.2 Å². The molecule has 0 rings (SSSR count). The number of carbonyl (C=O) groups excluding carboxylic acids is 3. The Morgan fingerprint density at radius 3 is 0.728 bits per heavy atom. The van der Waals surface area contributed by atoms with Crippen LogP contribution in [0.3, 0.4) is 0 Å². The molecule has 81 heavy (non-hydrogen) atoms. The van der Waals surface area contributed by atoms with Crippen molar-refractivity contribution in [3.8, 4) is 0 Å². The Bertz CT molecular complexity index is 2000. The number of unbranched alkanes of at least 4 members (excludes halogenated alkanes) is 9. The Kier molecular flexibility index (Phi) is 61.6. The van der Waals surface area contributed by atoms with Crippen LogP contribution >= 0.6 is 0 Å². The maximum atomic E-state index is 12.9. The SMILES string of the molecule is CC/C=C\C/C=C\C/C=C\C/C=C\C/C=C\C/C=C\C/C=C\C/C=C\C/C=C\CCCC(=O)OCC(COC(=O)CCCCCC/C=C\C/C=C\C/C=C\C/C=C\CC)OC(=O)CCCCCC/C=C\C/C=C\C/C=C\C/C=C\CC. The van der Waals surface area contributed by atoms with Gasteiger partial charge in [-0.1, -0.05) is 253 Å². The fraction of sp³-hybridized carbons (Fsp3) is 0.507. The van der Waals surface area contributed by atoms with Crippen molar-refractivity contribution < 1.29 is 28.6 Å². The van der Waals surface area contributed by atoms with E-state index in [-0.39, 0.29) is 44.0 Å². The van der Waals surface area contributed by atoms with Crippen LogP contribution < -0.4 is 0 Å². The van der Waals surface area contributed by atoms with E-state index in [0.717, 1.165) is 173 Å². The van der Waals surface area contributed by atoms with Crippen molar-refractivity contribution in [1.82, 2.24) is 0 Å². The van der Waals surface area contributed by atoms with Gasteiger partial charge in [0.1, 0.15) is 13.2 Å². The molecule has 0 fully saturated rings. The summed E-state index contributed by atoms with van der Waals surface area (Å²) in [4.78, 5) is 38.3. The molecule has 0 aliphatic heterocycles. The Labute approximate surface area is 496 Å². The molecule has 1 unspecified atom stereocenters. The molecular formula is C75H112O6. The van der Waals surface area contributed by atoms with Crippen LogP contribution in [-0.4, -0.2) is 37.2 Å². The summed E-state index contributed by atoms with van der Waals surface area (Å²) in [6.07, 6.45) is 103. The Hall–Kier alpha value is -6.01. The highest BCUT2D eigenvalue weighted by Gasteiger charge is 2.19. The minimum absolute atomic E-state index is 0.131. The second-order valence-corrected chi connectivity index (χ2v) is 19.8. The summed E-state index contributed by atoms with van der Waals surface area (Å²) in [6, 6.07) is 0. The first kappa shape index (κ1) is 75.0. The van der Waals surface area contributed by atoms with Crippen LogP contribution in [0.1, 0.15) is 226 Å². The van der Waals surface area contributed by atoms with Crippen molar-refractivity contribution in [3.05, 3.63) is 207 Å². The molecule has 6 nitrogen and oxygen atoms in total. The van der Waals surface area contributed by atoms with Crippen LogP contribution in [-0.2, 0) is 28.6 Å². The van der Waals surface area contributed by atoms with Gasteiger partial charge in [0.25, 0.3) is 0 Å². The van der Waals surface area contributed by atoms with Crippen molar-refractivity contribution in [2.75, 3.05) is 13.2 Å². The van der Waals surface area contributed by atoms with Crippen molar-refractivity contribution in [2.24, 2.45) is 0 Å². The number of allylic oxidation sites excluding steroid dienone is 34. The third kappa shape index (κ3) is 64.7. The summed E-state index contributed by atoms with van der Waals surface area (Å²) in [5.41, 5.74) is 0. The first-order valence-corrected chi connectivity index (χ1v) is 31.6. The number of rotatable bonds is 54. The normalized spacial score (nSPS) is 13.6. The van der Waals surface area contributed by atoms with E-state index >= 15 is 0 Å². The Morgan fingerprint density at radius 2 is 0.457 bits per heavy atom. The predicted octanol–water partition coefficient (Wildman–Crippen LogP) is 22.0. The molecule has 0 N–H and O–H groups in total. The van der Waals surface area contributed by atoms with Gasteiger partial charge >= 0.3 is 17.9 Å². The molecule has 0 aliphatic carbocycles. The topological polar surface area (TPSA) is 78.9 Å². The van der Waals surface area contributed by atoms with E-state index in [1.54, 1.807) is 0 Å². The number of ether oxygens (including phenoxy) is 3. The lowest BCUT2D eigenvalue weighted by Crippen LogP contribution is -2.30. The molecule has 0 amide bonds. The number of hydrogen-bond donors (Lipinski definition) is 0. The average molecular weight is 1110 g/mol. The highest BCUT2D eigenvalue weighted by molar-refractivity contribution is 5.71. The lowest BCUT2D eigenvalue weighted by molar-refractivity contribution is -0.167. The van der Waals surface area contributed by atoms with Gasteiger partial charge in [0.05, 0.1) is 0 Å². The molecule has 6 heteroatoms. The second-order valence-electron chi connectivity index (χ2n) is 19.8. The number of hydrogen-bond acceptors (Lipinski definition) is 6. The maximum absolute atomic E-state index is 12.9. The van der Waals surface area contributed by atoms with Crippen LogP contribution in [0.15, 0.2) is 207 Å². The van der Waals surface area contributed by atoms with Gasteiger partial charge in [0.15, 0.2) is 6.10 Å². The van der Waals surface area contributed by atoms with Crippen molar-refractivity contribution in [2.45, 2.75) is 232 Å². The highest BCUT2D eigenvalue weighted by atomic mass is 16.6.